The first-order valence-electron chi connectivity index (χ1n) is 4.39. The van der Waals surface area contributed by atoms with Crippen LogP contribution in [0.4, 0.5) is 18.0 Å². The Morgan fingerprint density at radius 2 is 1.88 bits per heavy atom. The van der Waals surface area contributed by atoms with E-state index in [1.54, 1.807) is 13.8 Å². The van der Waals surface area contributed by atoms with Gasteiger partial charge in [0, 0.05) is 0 Å². The van der Waals surface area contributed by atoms with Crippen molar-refractivity contribution in [2.45, 2.75) is 26.1 Å². The normalized spacial score (nSPS) is 13.4. The minimum absolute atomic E-state index is 0.400. The highest BCUT2D eigenvalue weighted by Crippen LogP contribution is 2.14. The number of carbonyl (C=O) groups is 2. The van der Waals surface area contributed by atoms with E-state index < -0.39 is 36.7 Å². The lowest BCUT2D eigenvalue weighted by Gasteiger charge is -2.18. The summed E-state index contributed by atoms with van der Waals surface area (Å²) in [6, 6.07) is -1.17. The number of alkyl halides is 3. The smallest absolute Gasteiger partial charge is 0.422 e. The number of hydrogen-bond donors (Lipinski definition) is 1. The molecule has 1 atom stereocenters. The zero-order chi connectivity index (χ0) is 12.9. The second kappa shape index (κ2) is 5.57. The predicted octanol–water partition coefficient (Wildman–Crippen LogP) is 1.11. The minimum atomic E-state index is -4.62. The summed E-state index contributed by atoms with van der Waals surface area (Å²) in [6.45, 7) is 1.36. The number of alkyl carbamates (subject to hydrolysis) is 1. The van der Waals surface area contributed by atoms with E-state index in [-0.39, 0.29) is 0 Å². The predicted molar refractivity (Wildman–Crippen MR) is 47.3 cm³/mol. The van der Waals surface area contributed by atoms with Crippen LogP contribution in [0.3, 0.4) is 0 Å². The number of nitrogens with one attached hydrogen (secondary N) is 2. The van der Waals surface area contributed by atoms with E-state index in [0.29, 0.717) is 0 Å². The third-order valence-corrected chi connectivity index (χ3v) is 1.59. The second-order valence-electron chi connectivity index (χ2n) is 3.42. The molecule has 0 aliphatic carbocycles. The van der Waals surface area contributed by atoms with Gasteiger partial charge in [-0.25, -0.2) is 4.79 Å². The zero-order valence-electron chi connectivity index (χ0n) is 8.72. The van der Waals surface area contributed by atoms with Crippen LogP contribution < -0.4 is 11.1 Å². The van der Waals surface area contributed by atoms with Gasteiger partial charge in [-0.2, -0.15) is 13.2 Å². The maximum absolute atomic E-state index is 11.7. The van der Waals surface area contributed by atoms with Crippen LogP contribution in [0.5, 0.6) is 0 Å². The molecule has 5 nitrogen and oxygen atoms in total. The largest absolute Gasteiger partial charge is 0.440 e. The molecule has 0 saturated carbocycles. The molecule has 0 aromatic rings. The molecule has 0 saturated heterocycles. The Morgan fingerprint density at radius 3 is 2.19 bits per heavy atom. The molecule has 0 aromatic heterocycles. The minimum Gasteiger partial charge on any atom is -0.440 e. The van der Waals surface area contributed by atoms with Crippen LogP contribution in [-0.2, 0) is 9.53 Å². The van der Waals surface area contributed by atoms with Gasteiger partial charge in [0.2, 0.25) is 0 Å². The number of hydrogen-bond acceptors (Lipinski definition) is 3. The van der Waals surface area contributed by atoms with Crippen LogP contribution in [0.25, 0.3) is 0 Å². The molecule has 0 spiro atoms. The molecule has 1 radical (unpaired) electrons. The monoisotopic (exact) mass is 241 g/mol. The summed E-state index contributed by atoms with van der Waals surface area (Å²) in [4.78, 5) is 21.5. The van der Waals surface area contributed by atoms with E-state index in [0.717, 1.165) is 0 Å². The van der Waals surface area contributed by atoms with Crippen molar-refractivity contribution in [3.05, 3.63) is 0 Å². The first-order valence-corrected chi connectivity index (χ1v) is 4.39. The molecule has 1 unspecified atom stereocenters. The highest BCUT2D eigenvalue weighted by Gasteiger charge is 2.31. The highest BCUT2D eigenvalue weighted by atomic mass is 19.4. The Morgan fingerprint density at radius 1 is 1.38 bits per heavy atom. The van der Waals surface area contributed by atoms with Gasteiger partial charge in [0.15, 0.2) is 6.61 Å². The van der Waals surface area contributed by atoms with Crippen molar-refractivity contribution < 1.29 is 27.5 Å². The molecule has 0 bridgehead atoms. The van der Waals surface area contributed by atoms with Gasteiger partial charge in [-0.05, 0) is 5.92 Å². The van der Waals surface area contributed by atoms with Gasteiger partial charge in [-0.3, -0.25) is 10.5 Å². The summed E-state index contributed by atoms with van der Waals surface area (Å²) in [5, 5.41) is 1.89. The number of amides is 2. The first kappa shape index (κ1) is 14.5. The third-order valence-electron chi connectivity index (χ3n) is 1.59. The van der Waals surface area contributed by atoms with Crippen LogP contribution in [-0.4, -0.2) is 30.8 Å². The van der Waals surface area contributed by atoms with Gasteiger partial charge in [0.25, 0.3) is 5.91 Å². The van der Waals surface area contributed by atoms with Gasteiger partial charge >= 0.3 is 12.3 Å². The number of ether oxygens (including phenoxy) is 1. The number of rotatable bonds is 4. The topological polar surface area (TPSA) is 79.2 Å². The van der Waals surface area contributed by atoms with E-state index in [4.69, 9.17) is 5.73 Å². The van der Waals surface area contributed by atoms with Crippen molar-refractivity contribution in [1.82, 2.24) is 11.1 Å². The van der Waals surface area contributed by atoms with Crippen LogP contribution in [0.2, 0.25) is 0 Å². The molecule has 16 heavy (non-hydrogen) atoms. The lowest BCUT2D eigenvalue weighted by atomic mass is 10.0. The van der Waals surface area contributed by atoms with Gasteiger partial charge < -0.3 is 10.1 Å². The Bertz CT molecular complexity index is 266. The molecule has 93 valence electrons. The molecule has 0 aliphatic rings. The van der Waals surface area contributed by atoms with Gasteiger partial charge in [0.05, 0.1) is 0 Å². The standard InChI is InChI=1S/C8H12F3N2O3/c1-4(2)5(6(12)14)13-7(15)16-3-8(9,10)11/h4-5,12H,3H2,1-2H3,(H,13,15). The van der Waals surface area contributed by atoms with Crippen molar-refractivity contribution in [2.24, 2.45) is 5.92 Å². The number of halogens is 3. The Hall–Kier alpha value is -1.47. The van der Waals surface area contributed by atoms with Gasteiger partial charge in [-0.15, -0.1) is 0 Å². The molecule has 0 aromatic carbocycles. The maximum Gasteiger partial charge on any atom is 0.422 e. The van der Waals surface area contributed by atoms with Crippen molar-refractivity contribution in [1.29, 1.82) is 0 Å². The lowest BCUT2D eigenvalue weighted by Crippen LogP contribution is -2.45. The van der Waals surface area contributed by atoms with E-state index in [9.17, 15) is 22.8 Å². The second-order valence-corrected chi connectivity index (χ2v) is 3.42. The third kappa shape index (κ3) is 6.10. The summed E-state index contributed by atoms with van der Waals surface area (Å²) in [7, 11) is 0. The van der Waals surface area contributed by atoms with Crippen molar-refractivity contribution in [3.8, 4) is 0 Å². The molecule has 8 heteroatoms. The van der Waals surface area contributed by atoms with Crippen LogP contribution in [0, 0.1) is 5.92 Å². The van der Waals surface area contributed by atoms with Crippen LogP contribution >= 0.6 is 0 Å². The quantitative estimate of drug-likeness (QED) is 0.800. The average Bonchev–Trinajstić information content (AvgIpc) is 2.08. The van der Waals surface area contributed by atoms with E-state index >= 15 is 0 Å². The molecule has 2 amide bonds. The molecule has 0 heterocycles. The molecule has 0 aliphatic heterocycles. The first-order chi connectivity index (χ1) is 7.13. The van der Waals surface area contributed by atoms with Crippen LogP contribution in [0.15, 0.2) is 0 Å². The van der Waals surface area contributed by atoms with Crippen LogP contribution in [0.1, 0.15) is 13.8 Å². The fourth-order valence-corrected chi connectivity index (χ4v) is 0.851. The lowest BCUT2D eigenvalue weighted by molar-refractivity contribution is -0.160. The summed E-state index contributed by atoms with van der Waals surface area (Å²) < 4.78 is 38.8. The fourth-order valence-electron chi connectivity index (χ4n) is 0.851. The number of carbonyl (C=O) groups excluding carboxylic acids is 2. The Balaban J connectivity index is 4.17. The summed E-state index contributed by atoms with van der Waals surface area (Å²) >= 11 is 0. The average molecular weight is 241 g/mol. The summed E-state index contributed by atoms with van der Waals surface area (Å²) in [5.41, 5.74) is 6.78. The molecule has 0 rings (SSSR count). The van der Waals surface area contributed by atoms with E-state index in [2.05, 4.69) is 4.74 Å². The summed E-state index contributed by atoms with van der Waals surface area (Å²) in [6.07, 6.45) is -5.98. The molecular weight excluding hydrogens is 229 g/mol. The Kier molecular flexibility index (Phi) is 5.06. The van der Waals surface area contributed by atoms with Crippen molar-refractivity contribution in [2.75, 3.05) is 6.61 Å². The van der Waals surface area contributed by atoms with Gasteiger partial charge in [0.1, 0.15) is 6.04 Å². The van der Waals surface area contributed by atoms with E-state index in [1.165, 1.54) is 0 Å². The SMILES string of the molecule is CC(C)C(NC(=O)OCC(F)(F)F)C([NH])=O. The van der Waals surface area contributed by atoms with Crippen molar-refractivity contribution in [3.63, 3.8) is 0 Å². The molecule has 2 N–H and O–H groups in total. The highest BCUT2D eigenvalue weighted by molar-refractivity contribution is 5.83. The maximum atomic E-state index is 11.7. The Labute approximate surface area is 90.1 Å². The van der Waals surface area contributed by atoms with Crippen molar-refractivity contribution >= 4 is 12.0 Å². The molecular formula is C8H12F3N2O3. The zero-order valence-corrected chi connectivity index (χ0v) is 8.72. The van der Waals surface area contributed by atoms with Gasteiger partial charge in [-0.1, -0.05) is 13.8 Å². The molecule has 0 fully saturated rings. The fraction of sp³-hybridized carbons (Fsp3) is 0.750. The summed E-state index contributed by atoms with van der Waals surface area (Å²) in [5.74, 6) is -1.48. The van der Waals surface area contributed by atoms with E-state index in [1.807, 2.05) is 5.32 Å².